The van der Waals surface area contributed by atoms with Crippen LogP contribution in [0.1, 0.15) is 5.56 Å². The van der Waals surface area contributed by atoms with Crippen LogP contribution < -0.4 is 14.7 Å². The molecule has 2 aromatic rings. The summed E-state index contributed by atoms with van der Waals surface area (Å²) in [6.45, 7) is 3.32. The minimum absolute atomic E-state index is 0.638. The summed E-state index contributed by atoms with van der Waals surface area (Å²) in [5.41, 5.74) is 0.638. The maximum Gasteiger partial charge on any atom is 0.227 e. The number of nitriles is 1. The van der Waals surface area contributed by atoms with Gasteiger partial charge in [0.1, 0.15) is 11.6 Å². The van der Waals surface area contributed by atoms with Gasteiger partial charge in [-0.25, -0.2) is 9.97 Å². The molecule has 0 bridgehead atoms. The second-order valence-corrected chi connectivity index (χ2v) is 5.60. The maximum absolute atomic E-state index is 9.00. The number of piperazine rings is 1. The van der Waals surface area contributed by atoms with Crippen molar-refractivity contribution < 1.29 is 0 Å². The van der Waals surface area contributed by atoms with E-state index in [9.17, 15) is 0 Å². The molecule has 0 N–H and O–H groups in total. The molecule has 1 saturated heterocycles. The van der Waals surface area contributed by atoms with E-state index >= 15 is 0 Å². The molecule has 3 heterocycles. The molecule has 0 spiro atoms. The summed E-state index contributed by atoms with van der Waals surface area (Å²) in [4.78, 5) is 19.7. The van der Waals surface area contributed by atoms with Gasteiger partial charge in [0, 0.05) is 52.7 Å². The predicted molar refractivity (Wildman–Crippen MR) is 89.7 cm³/mol. The molecular formula is C16H19N7. The highest BCUT2D eigenvalue weighted by molar-refractivity contribution is 5.48. The van der Waals surface area contributed by atoms with Crippen LogP contribution in [0.4, 0.5) is 17.6 Å². The molecule has 0 radical (unpaired) electrons. The first-order valence-electron chi connectivity index (χ1n) is 7.54. The fourth-order valence-corrected chi connectivity index (χ4v) is 2.54. The highest BCUT2D eigenvalue weighted by Gasteiger charge is 2.20. The zero-order chi connectivity index (χ0) is 16.2. The molecule has 0 aliphatic carbocycles. The van der Waals surface area contributed by atoms with Gasteiger partial charge in [-0.05, 0) is 18.2 Å². The highest BCUT2D eigenvalue weighted by atomic mass is 15.3. The first-order chi connectivity index (χ1) is 11.2. The van der Waals surface area contributed by atoms with Crippen LogP contribution in [0.25, 0.3) is 0 Å². The summed E-state index contributed by atoms with van der Waals surface area (Å²) in [6, 6.07) is 7.61. The van der Waals surface area contributed by atoms with Gasteiger partial charge in [0.15, 0.2) is 0 Å². The van der Waals surface area contributed by atoms with Crippen molar-refractivity contribution in [3.8, 4) is 6.07 Å². The first-order valence-corrected chi connectivity index (χ1v) is 7.54. The van der Waals surface area contributed by atoms with Crippen LogP contribution in [0.5, 0.6) is 0 Å². The van der Waals surface area contributed by atoms with Gasteiger partial charge in [-0.1, -0.05) is 0 Å². The fraction of sp³-hybridized carbons (Fsp3) is 0.375. The van der Waals surface area contributed by atoms with E-state index in [1.54, 1.807) is 18.5 Å². The fourth-order valence-electron chi connectivity index (χ4n) is 2.54. The van der Waals surface area contributed by atoms with Crippen molar-refractivity contribution in [2.24, 2.45) is 0 Å². The molecule has 23 heavy (non-hydrogen) atoms. The summed E-state index contributed by atoms with van der Waals surface area (Å²) in [5, 5.41) is 9.00. The quantitative estimate of drug-likeness (QED) is 0.841. The van der Waals surface area contributed by atoms with E-state index in [1.807, 2.05) is 31.1 Å². The largest absolute Gasteiger partial charge is 0.363 e. The number of anilines is 3. The number of hydrogen-bond acceptors (Lipinski definition) is 7. The molecule has 1 fully saturated rings. The average molecular weight is 309 g/mol. The van der Waals surface area contributed by atoms with E-state index in [1.165, 1.54) is 0 Å². The van der Waals surface area contributed by atoms with E-state index in [2.05, 4.69) is 30.8 Å². The lowest BCUT2D eigenvalue weighted by Crippen LogP contribution is -2.47. The monoisotopic (exact) mass is 309 g/mol. The van der Waals surface area contributed by atoms with Gasteiger partial charge in [-0.15, -0.1) is 0 Å². The van der Waals surface area contributed by atoms with Gasteiger partial charge < -0.3 is 14.7 Å². The Kier molecular flexibility index (Phi) is 4.24. The minimum atomic E-state index is 0.638. The summed E-state index contributed by atoms with van der Waals surface area (Å²) in [5.74, 6) is 2.52. The predicted octanol–water partition coefficient (Wildman–Crippen LogP) is 1.14. The molecule has 118 valence electrons. The first kappa shape index (κ1) is 15.0. The highest BCUT2D eigenvalue weighted by Crippen LogP contribution is 2.18. The molecule has 0 unspecified atom stereocenters. The summed E-state index contributed by atoms with van der Waals surface area (Å²) >= 11 is 0. The Morgan fingerprint density at radius 2 is 1.74 bits per heavy atom. The Bertz CT molecular complexity index is 714. The molecular weight excluding hydrogens is 290 g/mol. The zero-order valence-electron chi connectivity index (χ0n) is 13.3. The molecule has 0 saturated carbocycles. The van der Waals surface area contributed by atoms with E-state index in [-0.39, 0.29) is 0 Å². The van der Waals surface area contributed by atoms with Gasteiger partial charge in [-0.3, -0.25) is 0 Å². The van der Waals surface area contributed by atoms with Crippen molar-refractivity contribution in [3.05, 3.63) is 36.2 Å². The van der Waals surface area contributed by atoms with Crippen molar-refractivity contribution in [3.63, 3.8) is 0 Å². The lowest BCUT2D eigenvalue weighted by molar-refractivity contribution is 0.634. The Balaban J connectivity index is 1.68. The molecule has 7 nitrogen and oxygen atoms in total. The Morgan fingerprint density at radius 1 is 1.04 bits per heavy atom. The third-order valence-electron chi connectivity index (χ3n) is 3.85. The van der Waals surface area contributed by atoms with Gasteiger partial charge in [-0.2, -0.15) is 10.2 Å². The van der Waals surface area contributed by atoms with Crippen LogP contribution in [0.3, 0.4) is 0 Å². The molecule has 1 aliphatic heterocycles. The normalized spacial score (nSPS) is 14.5. The molecule has 0 aromatic carbocycles. The Labute approximate surface area is 135 Å². The molecule has 7 heteroatoms. The summed E-state index contributed by atoms with van der Waals surface area (Å²) in [7, 11) is 3.94. The molecule has 0 atom stereocenters. The number of hydrogen-bond donors (Lipinski definition) is 0. The van der Waals surface area contributed by atoms with Crippen LogP contribution in [0.2, 0.25) is 0 Å². The van der Waals surface area contributed by atoms with E-state index in [0.29, 0.717) is 5.56 Å². The van der Waals surface area contributed by atoms with Crippen molar-refractivity contribution in [1.82, 2.24) is 15.0 Å². The van der Waals surface area contributed by atoms with E-state index < -0.39 is 0 Å². The summed E-state index contributed by atoms with van der Waals surface area (Å²) in [6.07, 6.45) is 3.48. The minimum Gasteiger partial charge on any atom is -0.363 e. The zero-order valence-corrected chi connectivity index (χ0v) is 13.3. The van der Waals surface area contributed by atoms with Crippen molar-refractivity contribution in [2.45, 2.75) is 0 Å². The van der Waals surface area contributed by atoms with Gasteiger partial charge in [0.05, 0.1) is 11.6 Å². The third kappa shape index (κ3) is 3.31. The molecule has 0 amide bonds. The Hall–Kier alpha value is -2.88. The second-order valence-electron chi connectivity index (χ2n) is 5.60. The lowest BCUT2D eigenvalue weighted by atomic mass is 10.2. The lowest BCUT2D eigenvalue weighted by Gasteiger charge is -2.35. The molecule has 3 rings (SSSR count). The topological polar surface area (TPSA) is 72.2 Å². The average Bonchev–Trinajstić information content (AvgIpc) is 2.62. The van der Waals surface area contributed by atoms with Crippen LogP contribution in [-0.2, 0) is 0 Å². The molecule has 1 aliphatic rings. The Morgan fingerprint density at radius 3 is 2.43 bits per heavy atom. The van der Waals surface area contributed by atoms with Crippen LogP contribution >= 0.6 is 0 Å². The van der Waals surface area contributed by atoms with E-state index in [0.717, 1.165) is 43.8 Å². The second kappa shape index (κ2) is 6.48. The van der Waals surface area contributed by atoms with Gasteiger partial charge >= 0.3 is 0 Å². The van der Waals surface area contributed by atoms with Gasteiger partial charge in [0.25, 0.3) is 0 Å². The van der Waals surface area contributed by atoms with Crippen LogP contribution in [0.15, 0.2) is 30.6 Å². The number of rotatable bonds is 3. The van der Waals surface area contributed by atoms with Crippen LogP contribution in [-0.4, -0.2) is 55.2 Å². The standard InChI is InChI=1S/C16H19N7/c1-21(2)14-4-6-19-16(20-14)23-9-7-22(8-10-23)15-11-13(12-17)3-5-18-15/h3-6,11H,7-10H2,1-2H3. The third-order valence-corrected chi connectivity index (χ3v) is 3.85. The van der Waals surface area contributed by atoms with Crippen molar-refractivity contribution >= 4 is 17.6 Å². The smallest absolute Gasteiger partial charge is 0.227 e. The number of pyridine rings is 1. The number of aromatic nitrogens is 3. The number of nitrogens with zero attached hydrogens (tertiary/aromatic N) is 7. The maximum atomic E-state index is 9.00. The summed E-state index contributed by atoms with van der Waals surface area (Å²) < 4.78 is 0. The van der Waals surface area contributed by atoms with Gasteiger partial charge in [0.2, 0.25) is 5.95 Å². The van der Waals surface area contributed by atoms with Crippen molar-refractivity contribution in [2.75, 3.05) is 55.0 Å². The van der Waals surface area contributed by atoms with E-state index in [4.69, 9.17) is 5.26 Å². The molecule has 2 aromatic heterocycles. The van der Waals surface area contributed by atoms with Crippen molar-refractivity contribution in [1.29, 1.82) is 5.26 Å². The SMILES string of the molecule is CN(C)c1ccnc(N2CCN(c3cc(C#N)ccn3)CC2)n1. The van der Waals surface area contributed by atoms with Crippen LogP contribution in [0, 0.1) is 11.3 Å².